The molecule has 0 amide bonds. The molecule has 1 aliphatic carbocycles. The molecule has 1 saturated carbocycles. The minimum Gasteiger partial charge on any atom is -0.376 e. The predicted octanol–water partition coefficient (Wildman–Crippen LogP) is 3.45. The lowest BCUT2D eigenvalue weighted by Gasteiger charge is -2.47. The lowest BCUT2D eigenvalue weighted by Crippen LogP contribution is -2.51. The van der Waals surface area contributed by atoms with Crippen molar-refractivity contribution in [2.75, 3.05) is 13.7 Å². The van der Waals surface area contributed by atoms with Gasteiger partial charge in [0, 0.05) is 13.2 Å². The minimum absolute atomic E-state index is 0.0782. The van der Waals surface area contributed by atoms with Crippen LogP contribution in [0.15, 0.2) is 10.7 Å². The van der Waals surface area contributed by atoms with Crippen LogP contribution < -0.4 is 5.32 Å². The molecular formula is C14H24BrN3O. The van der Waals surface area contributed by atoms with Crippen molar-refractivity contribution in [2.24, 2.45) is 0 Å². The molecule has 0 aliphatic heterocycles. The number of likely N-dealkylation sites (N-methyl/N-ethyl adjacent to an activating group) is 1. The Morgan fingerprint density at radius 2 is 2.21 bits per heavy atom. The van der Waals surface area contributed by atoms with Crippen LogP contribution in [-0.2, 0) is 4.74 Å². The number of hydrogen-bond donors (Lipinski definition) is 1. The third kappa shape index (κ3) is 2.60. The fourth-order valence-electron chi connectivity index (χ4n) is 2.90. The molecule has 0 aromatic carbocycles. The van der Waals surface area contributed by atoms with Crippen molar-refractivity contribution in [3.05, 3.63) is 16.4 Å². The van der Waals surface area contributed by atoms with E-state index in [2.05, 4.69) is 51.8 Å². The zero-order valence-corrected chi connectivity index (χ0v) is 13.8. The zero-order valence-electron chi connectivity index (χ0n) is 12.2. The van der Waals surface area contributed by atoms with Gasteiger partial charge in [0.1, 0.15) is 0 Å². The molecule has 1 aliphatic rings. The number of ether oxygens (including phenoxy) is 1. The Bertz CT molecular complexity index is 421. The highest BCUT2D eigenvalue weighted by molar-refractivity contribution is 9.10. The third-order valence-electron chi connectivity index (χ3n) is 4.09. The van der Waals surface area contributed by atoms with Crippen LogP contribution in [0.25, 0.3) is 0 Å². The number of nitrogens with one attached hydrogen (secondary N) is 1. The van der Waals surface area contributed by atoms with Gasteiger partial charge in [0.2, 0.25) is 0 Å². The first-order valence-corrected chi connectivity index (χ1v) is 7.86. The van der Waals surface area contributed by atoms with Crippen LogP contribution in [0.5, 0.6) is 0 Å². The van der Waals surface area contributed by atoms with Crippen LogP contribution in [0.4, 0.5) is 0 Å². The summed E-state index contributed by atoms with van der Waals surface area (Å²) < 4.78 is 9.04. The molecule has 1 heterocycles. The second-order valence-electron chi connectivity index (χ2n) is 5.53. The van der Waals surface area contributed by atoms with E-state index >= 15 is 0 Å². The molecule has 1 atom stereocenters. The summed E-state index contributed by atoms with van der Waals surface area (Å²) in [6, 6.07) is 0.534. The van der Waals surface area contributed by atoms with Gasteiger partial charge < -0.3 is 10.1 Å². The fraction of sp³-hybridized carbons (Fsp3) is 0.786. The number of aromatic nitrogens is 2. The number of nitrogens with zero attached hydrogens (tertiary/aromatic N) is 2. The van der Waals surface area contributed by atoms with Crippen LogP contribution in [-0.4, -0.2) is 29.0 Å². The van der Waals surface area contributed by atoms with Crippen LogP contribution >= 0.6 is 15.9 Å². The minimum atomic E-state index is -0.0782. The van der Waals surface area contributed by atoms with Crippen molar-refractivity contribution in [1.82, 2.24) is 15.1 Å². The van der Waals surface area contributed by atoms with Crippen LogP contribution in [0.1, 0.15) is 57.8 Å². The van der Waals surface area contributed by atoms with Gasteiger partial charge in [-0.2, -0.15) is 5.10 Å². The normalized spacial score (nSPS) is 19.5. The van der Waals surface area contributed by atoms with Gasteiger partial charge >= 0.3 is 0 Å². The molecule has 1 fully saturated rings. The van der Waals surface area contributed by atoms with Crippen LogP contribution in [0.2, 0.25) is 0 Å². The molecule has 1 aromatic heterocycles. The Hall–Kier alpha value is -0.390. The number of methoxy groups -OCH3 is 1. The molecule has 19 heavy (non-hydrogen) atoms. The summed E-state index contributed by atoms with van der Waals surface area (Å²) in [6.45, 7) is 7.38. The lowest BCUT2D eigenvalue weighted by molar-refractivity contribution is -0.101. The van der Waals surface area contributed by atoms with Gasteiger partial charge in [0.15, 0.2) is 0 Å². The highest BCUT2D eigenvalue weighted by atomic mass is 79.9. The fourth-order valence-corrected chi connectivity index (χ4v) is 3.41. The van der Waals surface area contributed by atoms with Crippen molar-refractivity contribution in [2.45, 2.75) is 57.7 Å². The molecule has 0 bridgehead atoms. The summed E-state index contributed by atoms with van der Waals surface area (Å²) in [5.74, 6) is 0. The summed E-state index contributed by atoms with van der Waals surface area (Å²) in [5.41, 5.74) is 1.13. The molecule has 1 aromatic rings. The summed E-state index contributed by atoms with van der Waals surface area (Å²) in [7, 11) is 1.83. The maximum Gasteiger partial charge on any atom is 0.0888 e. The largest absolute Gasteiger partial charge is 0.376 e. The van der Waals surface area contributed by atoms with E-state index in [1.54, 1.807) is 0 Å². The van der Waals surface area contributed by atoms with Gasteiger partial charge in [-0.25, -0.2) is 0 Å². The topological polar surface area (TPSA) is 39.1 Å². The predicted molar refractivity (Wildman–Crippen MR) is 80.3 cm³/mol. The monoisotopic (exact) mass is 329 g/mol. The van der Waals surface area contributed by atoms with Crippen molar-refractivity contribution >= 4 is 15.9 Å². The Kier molecular flexibility index (Phi) is 4.69. The first-order valence-electron chi connectivity index (χ1n) is 7.07. The summed E-state index contributed by atoms with van der Waals surface area (Å²) in [5, 5.41) is 8.10. The summed E-state index contributed by atoms with van der Waals surface area (Å²) in [4.78, 5) is 0. The number of hydrogen-bond acceptors (Lipinski definition) is 3. The highest BCUT2D eigenvalue weighted by Crippen LogP contribution is 2.46. The van der Waals surface area contributed by atoms with Gasteiger partial charge in [-0.15, -0.1) is 0 Å². The lowest BCUT2D eigenvalue weighted by atomic mass is 9.73. The van der Waals surface area contributed by atoms with Crippen molar-refractivity contribution in [3.63, 3.8) is 0 Å². The van der Waals surface area contributed by atoms with E-state index in [1.807, 2.05) is 13.3 Å². The van der Waals surface area contributed by atoms with Crippen LogP contribution in [0, 0.1) is 0 Å². The van der Waals surface area contributed by atoms with Gasteiger partial charge in [0.25, 0.3) is 0 Å². The maximum absolute atomic E-state index is 5.88. The Balaban J connectivity index is 2.41. The van der Waals surface area contributed by atoms with Gasteiger partial charge in [-0.05, 0) is 55.6 Å². The molecule has 108 valence electrons. The average molecular weight is 330 g/mol. The maximum atomic E-state index is 5.88. The van der Waals surface area contributed by atoms with E-state index in [-0.39, 0.29) is 11.6 Å². The molecule has 4 nitrogen and oxygen atoms in total. The standard InChI is InChI=1S/C14H24BrN3O/c1-5-16-13(14(19-4)7-6-8-14)12-11(15)9-17-18(12)10(2)3/h9-10,13,16H,5-8H2,1-4H3. The molecule has 5 heteroatoms. The van der Waals surface area contributed by atoms with E-state index in [0.717, 1.165) is 23.9 Å². The quantitative estimate of drug-likeness (QED) is 0.868. The summed E-state index contributed by atoms with van der Waals surface area (Å²) in [6.07, 6.45) is 5.35. The third-order valence-corrected chi connectivity index (χ3v) is 4.70. The summed E-state index contributed by atoms with van der Waals surface area (Å²) >= 11 is 3.65. The van der Waals surface area contributed by atoms with Gasteiger partial charge in [0.05, 0.1) is 28.0 Å². The van der Waals surface area contributed by atoms with E-state index in [1.165, 1.54) is 12.1 Å². The smallest absolute Gasteiger partial charge is 0.0888 e. The van der Waals surface area contributed by atoms with Crippen molar-refractivity contribution in [1.29, 1.82) is 0 Å². The highest BCUT2D eigenvalue weighted by Gasteiger charge is 2.47. The second kappa shape index (κ2) is 5.94. The Morgan fingerprint density at radius 3 is 2.63 bits per heavy atom. The van der Waals surface area contributed by atoms with Crippen molar-refractivity contribution < 1.29 is 4.74 Å². The van der Waals surface area contributed by atoms with Gasteiger partial charge in [-0.3, -0.25) is 4.68 Å². The molecule has 0 saturated heterocycles. The molecule has 2 rings (SSSR count). The second-order valence-corrected chi connectivity index (χ2v) is 6.38. The molecule has 0 spiro atoms. The van der Waals surface area contributed by atoms with Crippen LogP contribution in [0.3, 0.4) is 0 Å². The zero-order chi connectivity index (χ0) is 14.0. The van der Waals surface area contributed by atoms with E-state index in [9.17, 15) is 0 Å². The first kappa shape index (κ1) is 15.0. The molecule has 0 radical (unpaired) electrons. The number of halogens is 1. The number of rotatable bonds is 6. The SMILES string of the molecule is CCNC(c1c(Br)cnn1C(C)C)C1(OC)CCC1. The molecule has 1 unspecified atom stereocenters. The molecular weight excluding hydrogens is 306 g/mol. The first-order chi connectivity index (χ1) is 9.05. The molecule has 1 N–H and O–H groups in total. The van der Waals surface area contributed by atoms with E-state index in [0.29, 0.717) is 6.04 Å². The van der Waals surface area contributed by atoms with Gasteiger partial charge in [-0.1, -0.05) is 6.92 Å². The Labute approximate surface area is 124 Å². The Morgan fingerprint density at radius 1 is 1.53 bits per heavy atom. The van der Waals surface area contributed by atoms with E-state index in [4.69, 9.17) is 4.74 Å². The average Bonchev–Trinajstić information content (AvgIpc) is 2.69. The van der Waals surface area contributed by atoms with Crippen molar-refractivity contribution in [3.8, 4) is 0 Å². The van der Waals surface area contributed by atoms with E-state index < -0.39 is 0 Å².